The molecule has 0 bridgehead atoms. The maximum atomic E-state index is 11.8. The van der Waals surface area contributed by atoms with E-state index in [0.29, 0.717) is 18.0 Å². The largest absolute Gasteiger partial charge is 0.340 e. The Hall–Kier alpha value is -1.62. The molecule has 2 unspecified atom stereocenters. The lowest BCUT2D eigenvalue weighted by Gasteiger charge is -2.35. The molecule has 2 aromatic heterocycles. The van der Waals surface area contributed by atoms with Crippen LogP contribution >= 0.6 is 11.3 Å². The number of thiophene rings is 1. The Morgan fingerprint density at radius 2 is 2.26 bits per heavy atom. The first-order chi connectivity index (χ1) is 11.3. The van der Waals surface area contributed by atoms with Crippen molar-refractivity contribution in [1.29, 1.82) is 0 Å². The van der Waals surface area contributed by atoms with Gasteiger partial charge in [0.1, 0.15) is 0 Å². The van der Waals surface area contributed by atoms with Crippen molar-refractivity contribution < 1.29 is 4.79 Å². The standard InChI is InChI=1S/C18H21N3OS/c22-17-4-2-13-9-12(5-7-20(13)17)1-3-15-18-14(6-8-23-18)16-10-19-11-21(15)16/h6,8,10-13,15H,1-5,7,9H2/t12-,13?,15?/m1/s1. The van der Waals surface area contributed by atoms with Gasteiger partial charge >= 0.3 is 0 Å². The minimum absolute atomic E-state index is 0.385. The van der Waals surface area contributed by atoms with Crippen LogP contribution in [0.15, 0.2) is 24.0 Å². The first-order valence-corrected chi connectivity index (χ1v) is 9.58. The van der Waals surface area contributed by atoms with E-state index in [2.05, 4.69) is 25.9 Å². The van der Waals surface area contributed by atoms with Crippen molar-refractivity contribution >= 4 is 17.2 Å². The van der Waals surface area contributed by atoms with Crippen LogP contribution < -0.4 is 0 Å². The van der Waals surface area contributed by atoms with E-state index < -0.39 is 0 Å². The molecule has 2 fully saturated rings. The van der Waals surface area contributed by atoms with Crippen molar-refractivity contribution in [2.24, 2.45) is 5.92 Å². The fourth-order valence-electron chi connectivity index (χ4n) is 4.77. The summed E-state index contributed by atoms with van der Waals surface area (Å²) in [5, 5.41) is 2.21. The molecule has 5 heteroatoms. The molecule has 4 nitrogen and oxygen atoms in total. The molecule has 23 heavy (non-hydrogen) atoms. The number of aromatic nitrogens is 2. The number of piperidine rings is 1. The first-order valence-electron chi connectivity index (χ1n) is 8.70. The van der Waals surface area contributed by atoms with E-state index in [9.17, 15) is 4.79 Å². The van der Waals surface area contributed by atoms with Crippen molar-refractivity contribution in [2.75, 3.05) is 6.54 Å². The highest BCUT2D eigenvalue weighted by Gasteiger charge is 2.37. The number of fused-ring (bicyclic) bond motifs is 4. The van der Waals surface area contributed by atoms with Gasteiger partial charge in [-0.05, 0) is 49.5 Å². The van der Waals surface area contributed by atoms with Gasteiger partial charge < -0.3 is 9.47 Å². The molecule has 0 aliphatic carbocycles. The van der Waals surface area contributed by atoms with E-state index in [1.807, 2.05) is 23.9 Å². The van der Waals surface area contributed by atoms with E-state index in [-0.39, 0.29) is 0 Å². The molecule has 120 valence electrons. The van der Waals surface area contributed by atoms with Gasteiger partial charge in [-0.25, -0.2) is 4.98 Å². The Balaban J connectivity index is 1.28. The zero-order chi connectivity index (χ0) is 15.4. The minimum atomic E-state index is 0.385. The number of hydrogen-bond acceptors (Lipinski definition) is 3. The molecule has 1 amide bonds. The average molecular weight is 327 g/mol. The van der Waals surface area contributed by atoms with Gasteiger partial charge in [-0.15, -0.1) is 11.3 Å². The third-order valence-corrected chi connectivity index (χ3v) is 6.98. The van der Waals surface area contributed by atoms with Gasteiger partial charge in [0, 0.05) is 29.4 Å². The predicted molar refractivity (Wildman–Crippen MR) is 90.4 cm³/mol. The number of rotatable bonds is 3. The Kier molecular flexibility index (Phi) is 3.11. The molecule has 3 atom stereocenters. The summed E-state index contributed by atoms with van der Waals surface area (Å²) < 4.78 is 2.36. The van der Waals surface area contributed by atoms with Gasteiger partial charge in [-0.3, -0.25) is 4.79 Å². The molecule has 0 saturated carbocycles. The maximum absolute atomic E-state index is 11.8. The lowest BCUT2D eigenvalue weighted by Crippen LogP contribution is -2.40. The highest BCUT2D eigenvalue weighted by molar-refractivity contribution is 7.10. The van der Waals surface area contributed by atoms with E-state index in [1.54, 1.807) is 0 Å². The molecule has 3 aliphatic rings. The second-order valence-corrected chi connectivity index (χ2v) is 8.10. The highest BCUT2D eigenvalue weighted by Crippen LogP contribution is 2.45. The zero-order valence-corrected chi connectivity index (χ0v) is 14.0. The van der Waals surface area contributed by atoms with E-state index in [0.717, 1.165) is 25.3 Å². The molecule has 0 spiro atoms. The van der Waals surface area contributed by atoms with Gasteiger partial charge in [0.15, 0.2) is 0 Å². The van der Waals surface area contributed by atoms with Gasteiger partial charge in [-0.2, -0.15) is 0 Å². The van der Waals surface area contributed by atoms with E-state index in [4.69, 9.17) is 0 Å². The monoisotopic (exact) mass is 327 g/mol. The van der Waals surface area contributed by atoms with Crippen LogP contribution in [0.1, 0.15) is 49.4 Å². The van der Waals surface area contributed by atoms with Gasteiger partial charge in [0.25, 0.3) is 0 Å². The molecule has 0 radical (unpaired) electrons. The molecule has 3 aliphatic heterocycles. The summed E-state index contributed by atoms with van der Waals surface area (Å²) in [5.41, 5.74) is 2.66. The van der Waals surface area contributed by atoms with Crippen LogP contribution in [0, 0.1) is 5.92 Å². The van der Waals surface area contributed by atoms with Gasteiger partial charge in [0.05, 0.1) is 24.3 Å². The quantitative estimate of drug-likeness (QED) is 0.862. The third-order valence-electron chi connectivity index (χ3n) is 5.96. The molecule has 5 heterocycles. The minimum Gasteiger partial charge on any atom is -0.340 e. The summed E-state index contributed by atoms with van der Waals surface area (Å²) in [5.74, 6) is 1.16. The number of nitrogens with zero attached hydrogens (tertiary/aromatic N) is 3. The second-order valence-electron chi connectivity index (χ2n) is 7.15. The van der Waals surface area contributed by atoms with Crippen molar-refractivity contribution in [3.05, 3.63) is 28.8 Å². The number of carbonyl (C=O) groups is 1. The summed E-state index contributed by atoms with van der Waals surface area (Å²) in [4.78, 5) is 19.8. The third kappa shape index (κ3) is 2.09. The smallest absolute Gasteiger partial charge is 0.222 e. The second kappa shape index (κ2) is 5.20. The average Bonchev–Trinajstić information content (AvgIpc) is 3.29. The van der Waals surface area contributed by atoms with Crippen LogP contribution in [-0.4, -0.2) is 32.9 Å². The summed E-state index contributed by atoms with van der Waals surface area (Å²) in [6, 6.07) is 3.24. The van der Waals surface area contributed by atoms with Crippen LogP contribution in [0.5, 0.6) is 0 Å². The van der Waals surface area contributed by atoms with Crippen molar-refractivity contribution in [3.63, 3.8) is 0 Å². The summed E-state index contributed by atoms with van der Waals surface area (Å²) in [6.07, 6.45) is 10.7. The maximum Gasteiger partial charge on any atom is 0.222 e. The SMILES string of the molecule is O=C1CCC2C[C@H](CCC3c4sccc4-c4cncn43)CCN12. The lowest BCUT2D eigenvalue weighted by atomic mass is 9.86. The van der Waals surface area contributed by atoms with Crippen molar-refractivity contribution in [1.82, 2.24) is 14.5 Å². The molecule has 0 aromatic carbocycles. The molecule has 2 aromatic rings. The van der Waals surface area contributed by atoms with Crippen LogP contribution in [0.2, 0.25) is 0 Å². The normalized spacial score (nSPS) is 28.8. The number of amides is 1. The molecular weight excluding hydrogens is 306 g/mol. The van der Waals surface area contributed by atoms with Crippen LogP contribution in [-0.2, 0) is 4.79 Å². The van der Waals surface area contributed by atoms with Crippen molar-refractivity contribution in [3.8, 4) is 11.3 Å². The molecule has 0 N–H and O–H groups in total. The number of imidazole rings is 1. The number of hydrogen-bond donors (Lipinski definition) is 0. The zero-order valence-electron chi connectivity index (χ0n) is 13.1. The highest BCUT2D eigenvalue weighted by atomic mass is 32.1. The Bertz CT molecular complexity index is 709. The molecular formula is C18H21N3OS. The first kappa shape index (κ1) is 13.8. The van der Waals surface area contributed by atoms with Gasteiger partial charge in [-0.1, -0.05) is 0 Å². The molecule has 2 saturated heterocycles. The van der Waals surface area contributed by atoms with Crippen molar-refractivity contribution in [2.45, 2.75) is 50.6 Å². The van der Waals surface area contributed by atoms with E-state index in [1.165, 1.54) is 41.8 Å². The summed E-state index contributed by atoms with van der Waals surface area (Å²) >= 11 is 1.88. The van der Waals surface area contributed by atoms with Crippen LogP contribution in [0.4, 0.5) is 0 Å². The summed E-state index contributed by atoms with van der Waals surface area (Å²) in [7, 11) is 0. The molecule has 5 rings (SSSR count). The van der Waals surface area contributed by atoms with Crippen LogP contribution in [0.3, 0.4) is 0 Å². The Labute approximate surface area is 140 Å². The fourth-order valence-corrected chi connectivity index (χ4v) is 5.81. The lowest BCUT2D eigenvalue weighted by molar-refractivity contribution is -0.130. The number of carbonyl (C=O) groups excluding carboxylic acids is 1. The Morgan fingerprint density at radius 1 is 1.30 bits per heavy atom. The Morgan fingerprint density at radius 3 is 3.22 bits per heavy atom. The van der Waals surface area contributed by atoms with E-state index >= 15 is 0 Å². The fraction of sp³-hybridized carbons (Fsp3) is 0.556. The topological polar surface area (TPSA) is 38.1 Å². The van der Waals surface area contributed by atoms with Gasteiger partial charge in [0.2, 0.25) is 5.91 Å². The van der Waals surface area contributed by atoms with Crippen LogP contribution in [0.25, 0.3) is 11.3 Å². The summed E-state index contributed by atoms with van der Waals surface area (Å²) in [6.45, 7) is 0.986. The predicted octanol–water partition coefficient (Wildman–Crippen LogP) is 3.70.